The molecule has 0 atom stereocenters. The number of hydrogen-bond donors (Lipinski definition) is 2. The number of carbonyl (C=O) groups excluding carboxylic acids is 1. The monoisotopic (exact) mass is 188 g/mol. The van der Waals surface area contributed by atoms with Crippen LogP contribution in [0.25, 0.3) is 0 Å². The molecule has 0 spiro atoms. The Morgan fingerprint density at radius 3 is 2.69 bits per heavy atom. The van der Waals surface area contributed by atoms with Crippen LogP contribution in [0.15, 0.2) is 0 Å². The fourth-order valence-electron chi connectivity index (χ4n) is 0.885. The third-order valence-electron chi connectivity index (χ3n) is 1.58. The summed E-state index contributed by atoms with van der Waals surface area (Å²) in [4.78, 5) is 11.1. The summed E-state index contributed by atoms with van der Waals surface area (Å²) in [6, 6.07) is 0. The second-order valence-corrected chi connectivity index (χ2v) is 2.84. The van der Waals surface area contributed by atoms with Crippen LogP contribution in [-0.4, -0.2) is 39.3 Å². The lowest BCUT2D eigenvalue weighted by molar-refractivity contribution is -0.121. The van der Waals surface area contributed by atoms with E-state index in [1.807, 2.05) is 0 Å². The van der Waals surface area contributed by atoms with Crippen LogP contribution >= 0.6 is 0 Å². The summed E-state index contributed by atoms with van der Waals surface area (Å²) >= 11 is 0. The summed E-state index contributed by atoms with van der Waals surface area (Å²) in [6.45, 7) is 5.01. The first-order valence-electron chi connectivity index (χ1n) is 4.77. The van der Waals surface area contributed by atoms with Crippen molar-refractivity contribution in [3.63, 3.8) is 0 Å². The van der Waals surface area contributed by atoms with Crippen molar-refractivity contribution in [3.8, 4) is 0 Å². The van der Waals surface area contributed by atoms with Crippen LogP contribution in [0.1, 0.15) is 19.8 Å². The standard InChI is InChI=1S/C9H20N2O2/c1-3-5-10-6-4-9(12)11-7-8-13-2/h10H,3-8H2,1-2H3,(H,11,12). The maximum absolute atomic E-state index is 11.1. The van der Waals surface area contributed by atoms with Crippen molar-refractivity contribution in [2.45, 2.75) is 19.8 Å². The molecule has 2 N–H and O–H groups in total. The molecule has 0 aliphatic heterocycles. The molecule has 0 unspecified atom stereocenters. The second kappa shape index (κ2) is 9.48. The fourth-order valence-corrected chi connectivity index (χ4v) is 0.885. The molecule has 4 nitrogen and oxygen atoms in total. The Hall–Kier alpha value is -0.610. The largest absolute Gasteiger partial charge is 0.383 e. The van der Waals surface area contributed by atoms with E-state index in [0.717, 1.165) is 19.5 Å². The highest BCUT2D eigenvalue weighted by Crippen LogP contribution is 1.78. The number of amides is 1. The molecule has 0 aromatic rings. The maximum atomic E-state index is 11.1. The van der Waals surface area contributed by atoms with Crippen molar-refractivity contribution in [2.75, 3.05) is 33.4 Å². The first kappa shape index (κ1) is 12.4. The summed E-state index contributed by atoms with van der Waals surface area (Å²) in [5.41, 5.74) is 0. The molecule has 0 bridgehead atoms. The van der Waals surface area contributed by atoms with Gasteiger partial charge < -0.3 is 15.4 Å². The van der Waals surface area contributed by atoms with Crippen molar-refractivity contribution in [3.05, 3.63) is 0 Å². The minimum Gasteiger partial charge on any atom is -0.383 e. The molecule has 4 heteroatoms. The number of hydrogen-bond acceptors (Lipinski definition) is 3. The fraction of sp³-hybridized carbons (Fsp3) is 0.889. The molecular formula is C9H20N2O2. The van der Waals surface area contributed by atoms with Crippen LogP contribution in [0.4, 0.5) is 0 Å². The smallest absolute Gasteiger partial charge is 0.221 e. The third kappa shape index (κ3) is 9.30. The van der Waals surface area contributed by atoms with Crippen LogP contribution < -0.4 is 10.6 Å². The van der Waals surface area contributed by atoms with Gasteiger partial charge in [-0.15, -0.1) is 0 Å². The molecule has 0 aliphatic rings. The van der Waals surface area contributed by atoms with E-state index in [2.05, 4.69) is 17.6 Å². The second-order valence-electron chi connectivity index (χ2n) is 2.84. The van der Waals surface area contributed by atoms with E-state index in [1.165, 1.54) is 0 Å². The summed E-state index contributed by atoms with van der Waals surface area (Å²) in [7, 11) is 1.62. The lowest BCUT2D eigenvalue weighted by Gasteiger charge is -2.04. The van der Waals surface area contributed by atoms with E-state index >= 15 is 0 Å². The SMILES string of the molecule is CCCNCCC(=O)NCCOC. The first-order valence-corrected chi connectivity index (χ1v) is 4.77. The molecule has 0 saturated heterocycles. The Balaban J connectivity index is 3.11. The van der Waals surface area contributed by atoms with Crippen LogP contribution in [0, 0.1) is 0 Å². The minimum atomic E-state index is 0.0839. The van der Waals surface area contributed by atoms with E-state index < -0.39 is 0 Å². The van der Waals surface area contributed by atoms with Gasteiger partial charge in [-0.3, -0.25) is 4.79 Å². The summed E-state index contributed by atoms with van der Waals surface area (Å²) in [5.74, 6) is 0.0839. The molecule has 0 fully saturated rings. The number of carbonyl (C=O) groups is 1. The predicted molar refractivity (Wildman–Crippen MR) is 52.7 cm³/mol. The van der Waals surface area contributed by atoms with Crippen molar-refractivity contribution in [2.24, 2.45) is 0 Å². The van der Waals surface area contributed by atoms with Gasteiger partial charge in [-0.05, 0) is 13.0 Å². The average Bonchev–Trinajstić information content (AvgIpc) is 2.13. The van der Waals surface area contributed by atoms with Gasteiger partial charge in [0.1, 0.15) is 0 Å². The molecule has 0 aromatic carbocycles. The normalized spacial score (nSPS) is 10.0. The van der Waals surface area contributed by atoms with Crippen LogP contribution in [0.5, 0.6) is 0 Å². The van der Waals surface area contributed by atoms with Crippen molar-refractivity contribution < 1.29 is 9.53 Å². The lowest BCUT2D eigenvalue weighted by atomic mass is 10.4. The van der Waals surface area contributed by atoms with Gasteiger partial charge in [-0.25, -0.2) is 0 Å². The number of ether oxygens (including phenoxy) is 1. The van der Waals surface area contributed by atoms with Crippen molar-refractivity contribution in [1.82, 2.24) is 10.6 Å². The van der Waals surface area contributed by atoms with Gasteiger partial charge in [-0.2, -0.15) is 0 Å². The van der Waals surface area contributed by atoms with Gasteiger partial charge in [-0.1, -0.05) is 6.92 Å². The number of methoxy groups -OCH3 is 1. The van der Waals surface area contributed by atoms with Crippen molar-refractivity contribution in [1.29, 1.82) is 0 Å². The van der Waals surface area contributed by atoms with Gasteiger partial charge in [0.05, 0.1) is 6.61 Å². The zero-order chi connectivity index (χ0) is 9.94. The third-order valence-corrected chi connectivity index (χ3v) is 1.58. The quantitative estimate of drug-likeness (QED) is 0.533. The summed E-state index contributed by atoms with van der Waals surface area (Å²) in [6.07, 6.45) is 1.65. The van der Waals surface area contributed by atoms with Crippen LogP contribution in [0.2, 0.25) is 0 Å². The van der Waals surface area contributed by atoms with E-state index in [9.17, 15) is 4.79 Å². The van der Waals surface area contributed by atoms with Gasteiger partial charge in [0.25, 0.3) is 0 Å². The Labute approximate surface area is 80.0 Å². The Morgan fingerprint density at radius 2 is 2.08 bits per heavy atom. The van der Waals surface area contributed by atoms with E-state index in [1.54, 1.807) is 7.11 Å². The van der Waals surface area contributed by atoms with E-state index in [0.29, 0.717) is 19.6 Å². The molecule has 13 heavy (non-hydrogen) atoms. The molecule has 0 heterocycles. The molecule has 78 valence electrons. The zero-order valence-corrected chi connectivity index (χ0v) is 8.56. The molecular weight excluding hydrogens is 168 g/mol. The highest BCUT2D eigenvalue weighted by atomic mass is 16.5. The molecule has 0 aromatic heterocycles. The molecule has 0 aliphatic carbocycles. The maximum Gasteiger partial charge on any atom is 0.221 e. The van der Waals surface area contributed by atoms with Gasteiger partial charge in [0.2, 0.25) is 5.91 Å². The molecule has 0 rings (SSSR count). The number of nitrogens with one attached hydrogen (secondary N) is 2. The van der Waals surface area contributed by atoms with Crippen molar-refractivity contribution >= 4 is 5.91 Å². The van der Waals surface area contributed by atoms with E-state index in [-0.39, 0.29) is 5.91 Å². The van der Waals surface area contributed by atoms with Gasteiger partial charge >= 0.3 is 0 Å². The Morgan fingerprint density at radius 1 is 1.31 bits per heavy atom. The average molecular weight is 188 g/mol. The highest BCUT2D eigenvalue weighted by Gasteiger charge is 1.98. The molecule has 0 radical (unpaired) electrons. The molecule has 1 amide bonds. The minimum absolute atomic E-state index is 0.0839. The highest BCUT2D eigenvalue weighted by molar-refractivity contribution is 5.75. The summed E-state index contributed by atoms with van der Waals surface area (Å²) < 4.78 is 4.80. The Bertz CT molecular complexity index is 129. The first-order chi connectivity index (χ1) is 6.31. The Kier molecular flexibility index (Phi) is 9.03. The molecule has 0 saturated carbocycles. The summed E-state index contributed by atoms with van der Waals surface area (Å²) in [5, 5.41) is 5.92. The van der Waals surface area contributed by atoms with Crippen LogP contribution in [-0.2, 0) is 9.53 Å². The zero-order valence-electron chi connectivity index (χ0n) is 8.56. The van der Waals surface area contributed by atoms with Gasteiger partial charge in [0.15, 0.2) is 0 Å². The predicted octanol–water partition coefficient (Wildman–Crippen LogP) is 0.139. The number of rotatable bonds is 8. The topological polar surface area (TPSA) is 50.4 Å². The van der Waals surface area contributed by atoms with Gasteiger partial charge in [0, 0.05) is 26.6 Å². The van der Waals surface area contributed by atoms with Crippen LogP contribution in [0.3, 0.4) is 0 Å². The van der Waals surface area contributed by atoms with E-state index in [4.69, 9.17) is 4.74 Å². The lowest BCUT2D eigenvalue weighted by Crippen LogP contribution is -2.30.